The summed E-state index contributed by atoms with van der Waals surface area (Å²) in [5, 5.41) is 19.8. The van der Waals surface area contributed by atoms with Gasteiger partial charge in [-0.1, -0.05) is 85.2 Å². The summed E-state index contributed by atoms with van der Waals surface area (Å²) in [6, 6.07) is 13.7. The smallest absolute Gasteiger partial charge is 0.202 e. The summed E-state index contributed by atoms with van der Waals surface area (Å²) in [6.07, 6.45) is 3.74. The average molecular weight is 462 g/mol. The molecule has 3 aromatic rings. The van der Waals surface area contributed by atoms with Crippen LogP contribution < -0.4 is 5.62 Å². The first kappa shape index (κ1) is 25.5. The molecule has 1 heterocycles. The van der Waals surface area contributed by atoms with Gasteiger partial charge in [0.25, 0.3) is 0 Å². The molecular weight excluding hydrogens is 422 g/mol. The third-order valence-electron chi connectivity index (χ3n) is 6.23. The van der Waals surface area contributed by atoms with E-state index in [1.54, 1.807) is 0 Å². The van der Waals surface area contributed by atoms with Crippen molar-refractivity contribution in [3.8, 4) is 5.75 Å². The third kappa shape index (κ3) is 5.52. The first-order valence-electron chi connectivity index (χ1n) is 12.1. The number of carbonyl (C=O) groups excluding carboxylic acids is 1. The van der Waals surface area contributed by atoms with Crippen molar-refractivity contribution in [1.82, 2.24) is 9.13 Å². The monoisotopic (exact) mass is 461 g/mol. The Hall–Kier alpha value is -3.08. The fourth-order valence-corrected chi connectivity index (χ4v) is 4.31. The second kappa shape index (κ2) is 9.65. The number of phenolic OH excluding ortho intramolecular Hbond substituents is 1. The Morgan fingerprint density at radius 1 is 0.971 bits per heavy atom. The summed E-state index contributed by atoms with van der Waals surface area (Å²) in [5.41, 5.74) is 3.95. The standard InChI is InChI=1S/C29H39N3O2/c1-8-12-22-18-31(17-20-13-10-9-11-14-20)27(30)32(22)19-25(33)21-15-23(28(2,3)4)26(34)24(16-21)29(5,6)7/h9-11,13-16,18,30,34H,8,12,17,19H2,1-7H3. The minimum atomic E-state index is -0.305. The van der Waals surface area contributed by atoms with Crippen LogP contribution in [0.4, 0.5) is 0 Å². The molecule has 0 spiro atoms. The molecule has 0 bridgehead atoms. The fourth-order valence-electron chi connectivity index (χ4n) is 4.31. The molecule has 0 unspecified atom stereocenters. The number of benzene rings is 2. The normalized spacial score (nSPS) is 12.2. The molecule has 2 aromatic carbocycles. The first-order valence-corrected chi connectivity index (χ1v) is 12.1. The van der Waals surface area contributed by atoms with E-state index < -0.39 is 0 Å². The van der Waals surface area contributed by atoms with E-state index in [0.717, 1.165) is 35.2 Å². The summed E-state index contributed by atoms with van der Waals surface area (Å²) in [6.45, 7) is 15.1. The molecule has 0 fully saturated rings. The molecule has 0 aliphatic rings. The van der Waals surface area contributed by atoms with Gasteiger partial charge in [0, 0.05) is 28.6 Å². The minimum Gasteiger partial charge on any atom is -0.507 e. The average Bonchev–Trinajstić information content (AvgIpc) is 3.02. The van der Waals surface area contributed by atoms with Crippen molar-refractivity contribution in [3.05, 3.63) is 82.2 Å². The first-order chi connectivity index (χ1) is 15.8. The molecule has 5 nitrogen and oxygen atoms in total. The number of rotatable bonds is 7. The molecule has 0 aliphatic carbocycles. The van der Waals surface area contributed by atoms with Gasteiger partial charge in [-0.2, -0.15) is 0 Å². The lowest BCUT2D eigenvalue weighted by atomic mass is 9.78. The number of nitrogens with one attached hydrogen (secondary N) is 1. The number of nitrogens with zero attached hydrogens (tertiary/aromatic N) is 2. The zero-order valence-corrected chi connectivity index (χ0v) is 21.7. The molecule has 34 heavy (non-hydrogen) atoms. The van der Waals surface area contributed by atoms with E-state index in [1.165, 1.54) is 0 Å². The highest BCUT2D eigenvalue weighted by Gasteiger charge is 2.28. The van der Waals surface area contributed by atoms with Gasteiger partial charge in [0.2, 0.25) is 5.62 Å². The van der Waals surface area contributed by atoms with Gasteiger partial charge in [-0.15, -0.1) is 0 Å². The Labute approximate surface area is 203 Å². The summed E-state index contributed by atoms with van der Waals surface area (Å²) in [7, 11) is 0. The van der Waals surface area contributed by atoms with E-state index in [9.17, 15) is 9.90 Å². The van der Waals surface area contributed by atoms with Crippen LogP contribution in [-0.2, 0) is 30.3 Å². The predicted octanol–water partition coefficient (Wildman–Crippen LogP) is 5.95. The van der Waals surface area contributed by atoms with E-state index in [-0.39, 0.29) is 28.9 Å². The molecule has 182 valence electrons. The van der Waals surface area contributed by atoms with Crippen molar-refractivity contribution < 1.29 is 9.90 Å². The van der Waals surface area contributed by atoms with E-state index in [0.29, 0.717) is 17.7 Å². The van der Waals surface area contributed by atoms with Gasteiger partial charge in [-0.3, -0.25) is 10.2 Å². The van der Waals surface area contributed by atoms with Crippen molar-refractivity contribution in [2.75, 3.05) is 0 Å². The molecular formula is C29H39N3O2. The van der Waals surface area contributed by atoms with E-state index in [1.807, 2.05) is 99.3 Å². The van der Waals surface area contributed by atoms with Crippen LogP contribution in [0.3, 0.4) is 0 Å². The van der Waals surface area contributed by atoms with Crippen molar-refractivity contribution in [1.29, 1.82) is 5.41 Å². The molecule has 0 amide bonds. The zero-order chi connectivity index (χ0) is 25.3. The molecule has 0 saturated carbocycles. The minimum absolute atomic E-state index is 0.0516. The maximum absolute atomic E-state index is 13.6. The molecule has 0 radical (unpaired) electrons. The summed E-state index contributed by atoms with van der Waals surface area (Å²) in [5.74, 6) is 0.218. The summed E-state index contributed by atoms with van der Waals surface area (Å²) in [4.78, 5) is 13.6. The fraction of sp³-hybridized carbons (Fsp3) is 0.448. The van der Waals surface area contributed by atoms with Crippen molar-refractivity contribution in [3.63, 3.8) is 0 Å². The number of imidazole rings is 1. The van der Waals surface area contributed by atoms with Crippen molar-refractivity contribution in [2.24, 2.45) is 0 Å². The predicted molar refractivity (Wildman–Crippen MR) is 138 cm³/mol. The van der Waals surface area contributed by atoms with Gasteiger partial charge in [0.1, 0.15) is 5.75 Å². The number of aromatic nitrogens is 2. The highest BCUT2D eigenvalue weighted by Crippen LogP contribution is 2.39. The molecule has 5 heteroatoms. The number of aryl methyl sites for hydroxylation is 1. The number of hydrogen-bond donors (Lipinski definition) is 2. The van der Waals surface area contributed by atoms with Crippen LogP contribution in [0.15, 0.2) is 48.7 Å². The lowest BCUT2D eigenvalue weighted by Gasteiger charge is -2.28. The molecule has 1 aromatic heterocycles. The van der Waals surface area contributed by atoms with Crippen LogP contribution in [0.2, 0.25) is 0 Å². The summed E-state index contributed by atoms with van der Waals surface area (Å²) >= 11 is 0. The van der Waals surface area contributed by atoms with Gasteiger partial charge < -0.3 is 14.2 Å². The van der Waals surface area contributed by atoms with Crippen LogP contribution in [0.5, 0.6) is 5.75 Å². The summed E-state index contributed by atoms with van der Waals surface area (Å²) < 4.78 is 3.74. The number of carbonyl (C=O) groups is 1. The van der Waals surface area contributed by atoms with Crippen LogP contribution in [-0.4, -0.2) is 20.0 Å². The lowest BCUT2D eigenvalue weighted by molar-refractivity contribution is 0.0968. The van der Waals surface area contributed by atoms with Gasteiger partial charge in [-0.05, 0) is 34.9 Å². The topological polar surface area (TPSA) is 71.0 Å². The number of aromatic hydroxyl groups is 1. The van der Waals surface area contributed by atoms with E-state index >= 15 is 0 Å². The zero-order valence-electron chi connectivity index (χ0n) is 21.7. The Balaban J connectivity index is 2.03. The lowest BCUT2D eigenvalue weighted by Crippen LogP contribution is -2.29. The van der Waals surface area contributed by atoms with Gasteiger partial charge in [0.05, 0.1) is 13.1 Å². The largest absolute Gasteiger partial charge is 0.507 e. The van der Waals surface area contributed by atoms with E-state index in [2.05, 4.69) is 6.92 Å². The van der Waals surface area contributed by atoms with Crippen molar-refractivity contribution in [2.45, 2.75) is 85.2 Å². The SMILES string of the molecule is CCCc1cn(Cc2ccccc2)c(=N)n1CC(=O)c1cc(C(C)(C)C)c(O)c(C(C)(C)C)c1. The van der Waals surface area contributed by atoms with Gasteiger partial charge >= 0.3 is 0 Å². The number of ketones is 1. The van der Waals surface area contributed by atoms with Gasteiger partial charge in [0.15, 0.2) is 5.78 Å². The van der Waals surface area contributed by atoms with E-state index in [4.69, 9.17) is 5.41 Å². The molecule has 2 N–H and O–H groups in total. The second-order valence-corrected chi connectivity index (χ2v) is 11.2. The Kier molecular flexibility index (Phi) is 7.25. The number of Topliss-reactive ketones (excluding diaryl/α,β-unsaturated/α-hetero) is 1. The van der Waals surface area contributed by atoms with Crippen LogP contribution in [0.25, 0.3) is 0 Å². The van der Waals surface area contributed by atoms with Crippen LogP contribution in [0, 0.1) is 5.41 Å². The van der Waals surface area contributed by atoms with Gasteiger partial charge in [-0.25, -0.2) is 0 Å². The molecule has 0 saturated heterocycles. The Morgan fingerprint density at radius 3 is 2.03 bits per heavy atom. The number of phenols is 1. The maximum Gasteiger partial charge on any atom is 0.202 e. The number of hydrogen-bond acceptors (Lipinski definition) is 3. The van der Waals surface area contributed by atoms with Crippen LogP contribution >= 0.6 is 0 Å². The van der Waals surface area contributed by atoms with Crippen LogP contribution in [0.1, 0.15) is 87.6 Å². The molecule has 0 atom stereocenters. The Morgan fingerprint density at radius 2 is 1.53 bits per heavy atom. The second-order valence-electron chi connectivity index (χ2n) is 11.2. The van der Waals surface area contributed by atoms with Crippen molar-refractivity contribution >= 4 is 5.78 Å². The Bertz CT molecular complexity index is 1180. The quantitative estimate of drug-likeness (QED) is 0.427. The molecule has 0 aliphatic heterocycles. The third-order valence-corrected chi connectivity index (χ3v) is 6.23. The highest BCUT2D eigenvalue weighted by atomic mass is 16.3. The molecule has 3 rings (SSSR count). The maximum atomic E-state index is 13.6. The highest BCUT2D eigenvalue weighted by molar-refractivity contribution is 5.96.